The smallest absolute Gasteiger partial charge is 0.248 e. The van der Waals surface area contributed by atoms with Crippen LogP contribution in [-0.4, -0.2) is 56.3 Å². The number of rotatable bonds is 4. The fourth-order valence-electron chi connectivity index (χ4n) is 3.18. The average Bonchev–Trinajstić information content (AvgIpc) is 3.18. The summed E-state index contributed by atoms with van der Waals surface area (Å²) in [6, 6.07) is 0. The van der Waals surface area contributed by atoms with Crippen LogP contribution in [0.2, 0.25) is 0 Å². The lowest BCUT2D eigenvalue weighted by molar-refractivity contribution is -0.141. The Morgan fingerprint density at radius 1 is 1.36 bits per heavy atom. The van der Waals surface area contributed by atoms with Gasteiger partial charge in [-0.3, -0.25) is 19.7 Å². The molecule has 1 amide bonds. The first-order valence-electron chi connectivity index (χ1n) is 7.36. The van der Waals surface area contributed by atoms with E-state index >= 15 is 0 Å². The van der Waals surface area contributed by atoms with Crippen molar-refractivity contribution in [3.8, 4) is 0 Å². The minimum atomic E-state index is -0.759. The Balaban J connectivity index is 2.02. The van der Waals surface area contributed by atoms with Crippen LogP contribution in [0, 0.1) is 0 Å². The number of nitrogens with zero attached hydrogens (tertiary/aromatic N) is 5. The first-order valence-corrected chi connectivity index (χ1v) is 7.36. The van der Waals surface area contributed by atoms with Crippen LogP contribution < -0.4 is 0 Å². The Labute approximate surface area is 129 Å². The molecule has 1 aliphatic rings. The summed E-state index contributed by atoms with van der Waals surface area (Å²) in [5.41, 5.74) is -0.0531. The number of likely N-dealkylation sites (N-methyl/N-ethyl adjacent to an activating group) is 1. The van der Waals surface area contributed by atoms with Crippen LogP contribution in [0.3, 0.4) is 0 Å². The lowest BCUT2D eigenvalue weighted by Crippen LogP contribution is -2.52. The van der Waals surface area contributed by atoms with Crippen molar-refractivity contribution in [1.29, 1.82) is 0 Å². The predicted molar refractivity (Wildman–Crippen MR) is 80.6 cm³/mol. The molecule has 0 spiro atoms. The van der Waals surface area contributed by atoms with Gasteiger partial charge in [0.25, 0.3) is 0 Å². The van der Waals surface area contributed by atoms with Crippen LogP contribution in [0.15, 0.2) is 31.0 Å². The Morgan fingerprint density at radius 3 is 2.86 bits per heavy atom. The molecule has 0 unspecified atom stereocenters. The van der Waals surface area contributed by atoms with Crippen molar-refractivity contribution in [2.24, 2.45) is 0 Å². The van der Waals surface area contributed by atoms with Gasteiger partial charge < -0.3 is 9.88 Å². The molecule has 3 heterocycles. The van der Waals surface area contributed by atoms with Crippen molar-refractivity contribution >= 4 is 5.91 Å². The van der Waals surface area contributed by atoms with Crippen molar-refractivity contribution < 1.29 is 4.79 Å². The number of nitrogens with one attached hydrogen (secondary N) is 1. The third kappa shape index (κ3) is 2.37. The summed E-state index contributed by atoms with van der Waals surface area (Å²) >= 11 is 0. The van der Waals surface area contributed by atoms with Crippen LogP contribution in [-0.2, 0) is 16.9 Å². The van der Waals surface area contributed by atoms with Crippen LogP contribution >= 0.6 is 0 Å². The van der Waals surface area contributed by atoms with Gasteiger partial charge in [0.15, 0.2) is 0 Å². The number of amides is 1. The van der Waals surface area contributed by atoms with Gasteiger partial charge in [0, 0.05) is 45.4 Å². The topological polar surface area (TPSA) is 78.0 Å². The van der Waals surface area contributed by atoms with Gasteiger partial charge in [-0.15, -0.1) is 0 Å². The molecular formula is C15H20N6O. The second-order valence-electron chi connectivity index (χ2n) is 5.71. The first kappa shape index (κ1) is 14.6. The SMILES string of the molecule is CN(C)C(=O)[C@]1(c2cnccn2)CCCN1Cc1ncc[nH]1. The number of aromatic nitrogens is 4. The quantitative estimate of drug-likeness (QED) is 0.903. The van der Waals surface area contributed by atoms with E-state index in [0.29, 0.717) is 12.2 Å². The summed E-state index contributed by atoms with van der Waals surface area (Å²) in [7, 11) is 3.56. The van der Waals surface area contributed by atoms with Crippen molar-refractivity contribution in [2.45, 2.75) is 24.9 Å². The fourth-order valence-corrected chi connectivity index (χ4v) is 3.18. The second kappa shape index (κ2) is 5.84. The number of hydrogen-bond acceptors (Lipinski definition) is 5. The van der Waals surface area contributed by atoms with Gasteiger partial charge in [-0.1, -0.05) is 0 Å². The van der Waals surface area contributed by atoms with Gasteiger partial charge in [-0.25, -0.2) is 4.98 Å². The van der Waals surface area contributed by atoms with Crippen LogP contribution in [0.4, 0.5) is 0 Å². The van der Waals surface area contributed by atoms with Crippen molar-refractivity contribution in [2.75, 3.05) is 20.6 Å². The van der Waals surface area contributed by atoms with Gasteiger partial charge in [0.05, 0.1) is 18.4 Å². The molecule has 1 fully saturated rings. The number of hydrogen-bond donors (Lipinski definition) is 1. The van der Waals surface area contributed by atoms with E-state index in [9.17, 15) is 4.79 Å². The molecular weight excluding hydrogens is 280 g/mol. The normalized spacial score (nSPS) is 21.9. The highest BCUT2D eigenvalue weighted by Crippen LogP contribution is 2.39. The molecule has 116 valence electrons. The summed E-state index contributed by atoms with van der Waals surface area (Å²) in [6.45, 7) is 1.42. The summed E-state index contributed by atoms with van der Waals surface area (Å²) in [5, 5.41) is 0. The molecule has 0 bridgehead atoms. The predicted octanol–water partition coefficient (Wildman–Crippen LogP) is 0.779. The zero-order valence-electron chi connectivity index (χ0n) is 12.9. The molecule has 3 rings (SSSR count). The molecule has 0 aliphatic carbocycles. The minimum Gasteiger partial charge on any atom is -0.348 e. The number of H-pyrrole nitrogens is 1. The number of imidazole rings is 1. The lowest BCUT2D eigenvalue weighted by Gasteiger charge is -2.37. The van der Waals surface area contributed by atoms with Crippen LogP contribution in [0.1, 0.15) is 24.4 Å². The summed E-state index contributed by atoms with van der Waals surface area (Å²) in [5.74, 6) is 0.888. The first-order chi connectivity index (χ1) is 10.6. The van der Waals surface area contributed by atoms with E-state index in [1.807, 2.05) is 0 Å². The molecule has 1 saturated heterocycles. The van der Waals surface area contributed by atoms with E-state index in [0.717, 1.165) is 25.2 Å². The fraction of sp³-hybridized carbons (Fsp3) is 0.467. The standard InChI is InChI=1S/C15H20N6O/c1-20(2)14(22)15(12-10-16-5-6-17-12)4-3-9-21(15)11-13-18-7-8-19-13/h5-8,10H,3-4,9,11H2,1-2H3,(H,18,19)/t15-/m1/s1. The van der Waals surface area contributed by atoms with Gasteiger partial charge >= 0.3 is 0 Å². The Bertz CT molecular complexity index is 627. The zero-order chi connectivity index (χ0) is 15.6. The summed E-state index contributed by atoms with van der Waals surface area (Å²) in [4.78, 5) is 32.8. The molecule has 22 heavy (non-hydrogen) atoms. The van der Waals surface area contributed by atoms with Crippen molar-refractivity contribution in [1.82, 2.24) is 29.7 Å². The number of carbonyl (C=O) groups excluding carboxylic acids is 1. The molecule has 1 atom stereocenters. The molecule has 0 radical (unpaired) electrons. The average molecular weight is 300 g/mol. The highest BCUT2D eigenvalue weighted by atomic mass is 16.2. The molecule has 2 aromatic rings. The van der Waals surface area contributed by atoms with Gasteiger partial charge in [0.1, 0.15) is 11.4 Å². The third-order valence-electron chi connectivity index (χ3n) is 4.15. The Morgan fingerprint density at radius 2 is 2.23 bits per heavy atom. The maximum atomic E-state index is 13.0. The maximum Gasteiger partial charge on any atom is 0.248 e. The van der Waals surface area contributed by atoms with E-state index < -0.39 is 5.54 Å². The Kier molecular flexibility index (Phi) is 3.89. The maximum absolute atomic E-state index is 13.0. The van der Waals surface area contributed by atoms with Crippen molar-refractivity contribution in [3.05, 3.63) is 42.5 Å². The Hall–Kier alpha value is -2.28. The van der Waals surface area contributed by atoms with Gasteiger partial charge in [-0.2, -0.15) is 0 Å². The van der Waals surface area contributed by atoms with Gasteiger partial charge in [-0.05, 0) is 12.8 Å². The summed E-state index contributed by atoms with van der Waals surface area (Å²) in [6.07, 6.45) is 10.2. The molecule has 0 saturated carbocycles. The third-order valence-corrected chi connectivity index (χ3v) is 4.15. The molecule has 1 aliphatic heterocycles. The number of carbonyl (C=O) groups is 1. The van der Waals surface area contributed by atoms with Crippen LogP contribution in [0.5, 0.6) is 0 Å². The van der Waals surface area contributed by atoms with Gasteiger partial charge in [0.2, 0.25) is 5.91 Å². The molecule has 7 nitrogen and oxygen atoms in total. The van der Waals surface area contributed by atoms with E-state index in [1.165, 1.54) is 0 Å². The zero-order valence-corrected chi connectivity index (χ0v) is 12.9. The highest BCUT2D eigenvalue weighted by Gasteiger charge is 2.51. The van der Waals surface area contributed by atoms with E-state index in [2.05, 4.69) is 24.8 Å². The number of aromatic amines is 1. The van der Waals surface area contributed by atoms with E-state index in [1.54, 1.807) is 50.0 Å². The molecule has 7 heteroatoms. The lowest BCUT2D eigenvalue weighted by atomic mass is 9.90. The largest absolute Gasteiger partial charge is 0.348 e. The van der Waals surface area contributed by atoms with E-state index in [4.69, 9.17) is 0 Å². The monoisotopic (exact) mass is 300 g/mol. The minimum absolute atomic E-state index is 0.0389. The summed E-state index contributed by atoms with van der Waals surface area (Å²) < 4.78 is 0. The van der Waals surface area contributed by atoms with Crippen LogP contribution in [0.25, 0.3) is 0 Å². The van der Waals surface area contributed by atoms with E-state index in [-0.39, 0.29) is 5.91 Å². The molecule has 1 N–H and O–H groups in total. The highest BCUT2D eigenvalue weighted by molar-refractivity contribution is 5.87. The molecule has 0 aromatic carbocycles. The second-order valence-corrected chi connectivity index (χ2v) is 5.71. The molecule has 2 aromatic heterocycles. The van der Waals surface area contributed by atoms with Crippen molar-refractivity contribution in [3.63, 3.8) is 0 Å². The number of likely N-dealkylation sites (tertiary alicyclic amines) is 1.